The van der Waals surface area contributed by atoms with Gasteiger partial charge in [0.05, 0.1) is 11.0 Å². The third-order valence-electron chi connectivity index (χ3n) is 4.18. The van der Waals surface area contributed by atoms with Crippen molar-refractivity contribution in [2.45, 2.75) is 19.4 Å². The van der Waals surface area contributed by atoms with Crippen molar-refractivity contribution in [1.82, 2.24) is 9.97 Å². The van der Waals surface area contributed by atoms with Gasteiger partial charge in [-0.05, 0) is 30.7 Å². The number of hydrogen-bond donors (Lipinski definition) is 1. The van der Waals surface area contributed by atoms with Gasteiger partial charge in [-0.15, -0.1) is 0 Å². The molecule has 1 aromatic heterocycles. The van der Waals surface area contributed by atoms with E-state index in [0.29, 0.717) is 0 Å². The summed E-state index contributed by atoms with van der Waals surface area (Å²) in [6.07, 6.45) is 0.679. The van der Waals surface area contributed by atoms with Gasteiger partial charge in [0.2, 0.25) is 0 Å². The minimum absolute atomic E-state index is 0.137. The van der Waals surface area contributed by atoms with Crippen molar-refractivity contribution in [3.05, 3.63) is 71.5 Å². The van der Waals surface area contributed by atoms with E-state index < -0.39 is 0 Å². The zero-order valence-corrected chi connectivity index (χ0v) is 14.0. The van der Waals surface area contributed by atoms with Crippen LogP contribution < -0.4 is 4.74 Å². The smallest absolute Gasteiger partial charge is 0.156 e. The number of aromatic nitrogens is 2. The van der Waals surface area contributed by atoms with Crippen LogP contribution in [0.3, 0.4) is 0 Å². The predicted molar refractivity (Wildman–Crippen MR) is 98.7 cm³/mol. The lowest BCUT2D eigenvalue weighted by atomic mass is 10.1. The van der Waals surface area contributed by atoms with Gasteiger partial charge in [-0.25, -0.2) is 4.98 Å². The van der Waals surface area contributed by atoms with Gasteiger partial charge in [-0.2, -0.15) is 0 Å². The highest BCUT2D eigenvalue weighted by Crippen LogP contribution is 2.34. The molecule has 0 saturated carbocycles. The SMILES string of the molecule is CCC(Oc1ccc(Cl)c2ccccc12)c1nc2ccccc2[nH]1. The van der Waals surface area contributed by atoms with Gasteiger partial charge in [-0.1, -0.05) is 54.9 Å². The number of benzene rings is 3. The van der Waals surface area contributed by atoms with Crippen molar-refractivity contribution in [3.63, 3.8) is 0 Å². The van der Waals surface area contributed by atoms with Gasteiger partial charge in [0.1, 0.15) is 11.6 Å². The molecule has 24 heavy (non-hydrogen) atoms. The van der Waals surface area contributed by atoms with E-state index in [4.69, 9.17) is 16.3 Å². The molecule has 1 heterocycles. The molecule has 4 heteroatoms. The monoisotopic (exact) mass is 336 g/mol. The van der Waals surface area contributed by atoms with Gasteiger partial charge in [0.25, 0.3) is 0 Å². The van der Waals surface area contributed by atoms with Gasteiger partial charge in [0.15, 0.2) is 6.10 Å². The number of nitrogens with zero attached hydrogens (tertiary/aromatic N) is 1. The molecule has 120 valence electrons. The zero-order valence-electron chi connectivity index (χ0n) is 13.3. The number of ether oxygens (including phenoxy) is 1. The number of aromatic amines is 1. The van der Waals surface area contributed by atoms with E-state index in [2.05, 4.69) is 16.9 Å². The van der Waals surface area contributed by atoms with Crippen LogP contribution in [-0.2, 0) is 0 Å². The van der Waals surface area contributed by atoms with Crippen molar-refractivity contribution in [2.24, 2.45) is 0 Å². The molecule has 0 saturated heterocycles. The summed E-state index contributed by atoms with van der Waals surface area (Å²) in [6, 6.07) is 19.8. The van der Waals surface area contributed by atoms with Gasteiger partial charge >= 0.3 is 0 Å². The third kappa shape index (κ3) is 2.61. The fraction of sp³-hybridized carbons (Fsp3) is 0.150. The number of imidazole rings is 1. The highest BCUT2D eigenvalue weighted by Gasteiger charge is 2.17. The normalized spacial score (nSPS) is 12.6. The Balaban J connectivity index is 1.74. The van der Waals surface area contributed by atoms with E-state index in [-0.39, 0.29) is 6.10 Å². The lowest BCUT2D eigenvalue weighted by Crippen LogP contribution is -2.08. The Morgan fingerprint density at radius 2 is 1.75 bits per heavy atom. The molecule has 1 unspecified atom stereocenters. The van der Waals surface area contributed by atoms with E-state index in [1.54, 1.807) is 0 Å². The average molecular weight is 337 g/mol. The van der Waals surface area contributed by atoms with Crippen LogP contribution in [0.15, 0.2) is 60.7 Å². The fourth-order valence-electron chi connectivity index (χ4n) is 2.95. The fourth-order valence-corrected chi connectivity index (χ4v) is 3.18. The second-order valence-corrected chi connectivity index (χ2v) is 6.15. The molecule has 3 aromatic carbocycles. The Hall–Kier alpha value is -2.52. The Morgan fingerprint density at radius 1 is 1.00 bits per heavy atom. The van der Waals surface area contributed by atoms with E-state index >= 15 is 0 Å². The zero-order chi connectivity index (χ0) is 16.5. The number of nitrogens with one attached hydrogen (secondary N) is 1. The second kappa shape index (κ2) is 6.17. The van der Waals surface area contributed by atoms with Crippen molar-refractivity contribution in [1.29, 1.82) is 0 Å². The maximum absolute atomic E-state index is 6.30. The Bertz CT molecular complexity index is 976. The maximum atomic E-state index is 6.30. The number of hydrogen-bond acceptors (Lipinski definition) is 2. The third-order valence-corrected chi connectivity index (χ3v) is 4.51. The Labute approximate surface area is 145 Å². The second-order valence-electron chi connectivity index (χ2n) is 5.75. The maximum Gasteiger partial charge on any atom is 0.156 e. The largest absolute Gasteiger partial charge is 0.482 e. The lowest BCUT2D eigenvalue weighted by Gasteiger charge is -2.17. The van der Waals surface area contributed by atoms with Gasteiger partial charge in [-0.3, -0.25) is 0 Å². The highest BCUT2D eigenvalue weighted by molar-refractivity contribution is 6.35. The van der Waals surface area contributed by atoms with Crippen LogP contribution in [0.25, 0.3) is 21.8 Å². The standard InChI is InChI=1S/C20H17ClN2O/c1-2-18(20-22-16-9-5-6-10-17(16)23-20)24-19-12-11-15(21)13-7-3-4-8-14(13)19/h3-12,18H,2H2,1H3,(H,22,23). The van der Waals surface area contributed by atoms with E-state index in [1.807, 2.05) is 60.7 Å². The molecular weight excluding hydrogens is 320 g/mol. The molecule has 0 aliphatic carbocycles. The summed E-state index contributed by atoms with van der Waals surface area (Å²) in [5.41, 5.74) is 1.98. The number of rotatable bonds is 4. The summed E-state index contributed by atoms with van der Waals surface area (Å²) in [6.45, 7) is 2.09. The minimum Gasteiger partial charge on any atom is -0.482 e. The predicted octanol–water partition coefficient (Wildman–Crippen LogP) is 5.90. The number of para-hydroxylation sites is 2. The van der Waals surface area contributed by atoms with Crippen molar-refractivity contribution in [2.75, 3.05) is 0 Å². The number of halogens is 1. The van der Waals surface area contributed by atoms with Crippen molar-refractivity contribution < 1.29 is 4.74 Å². The molecule has 1 atom stereocenters. The number of H-pyrrole nitrogens is 1. The van der Waals surface area contributed by atoms with Crippen LogP contribution in [0, 0.1) is 0 Å². The average Bonchev–Trinajstić information content (AvgIpc) is 3.05. The van der Waals surface area contributed by atoms with Crippen LogP contribution >= 0.6 is 11.6 Å². The molecule has 0 spiro atoms. The first-order valence-corrected chi connectivity index (χ1v) is 8.42. The first-order chi connectivity index (χ1) is 11.8. The van der Waals surface area contributed by atoms with Crippen LogP contribution in [0.2, 0.25) is 5.02 Å². The molecule has 0 amide bonds. The molecular formula is C20H17ClN2O. The van der Waals surface area contributed by atoms with Crippen LogP contribution in [0.4, 0.5) is 0 Å². The topological polar surface area (TPSA) is 37.9 Å². The Morgan fingerprint density at radius 3 is 2.54 bits per heavy atom. The molecule has 4 rings (SSSR count). The van der Waals surface area contributed by atoms with Crippen LogP contribution in [0.5, 0.6) is 5.75 Å². The van der Waals surface area contributed by atoms with Crippen LogP contribution in [0.1, 0.15) is 25.3 Å². The Kier molecular flexibility index (Phi) is 3.87. The van der Waals surface area contributed by atoms with Gasteiger partial charge in [0, 0.05) is 15.8 Å². The van der Waals surface area contributed by atoms with Crippen molar-refractivity contribution >= 4 is 33.4 Å². The molecule has 0 bridgehead atoms. The molecule has 4 aromatic rings. The molecule has 0 aliphatic heterocycles. The first-order valence-electron chi connectivity index (χ1n) is 8.05. The van der Waals surface area contributed by atoms with Crippen molar-refractivity contribution in [3.8, 4) is 5.75 Å². The summed E-state index contributed by atoms with van der Waals surface area (Å²) in [5.74, 6) is 1.67. The summed E-state index contributed by atoms with van der Waals surface area (Å²) in [4.78, 5) is 8.04. The lowest BCUT2D eigenvalue weighted by molar-refractivity contribution is 0.195. The van der Waals surface area contributed by atoms with E-state index in [9.17, 15) is 0 Å². The number of fused-ring (bicyclic) bond motifs is 2. The van der Waals surface area contributed by atoms with E-state index in [1.165, 1.54) is 0 Å². The molecule has 3 nitrogen and oxygen atoms in total. The van der Waals surface area contributed by atoms with Gasteiger partial charge < -0.3 is 9.72 Å². The van der Waals surface area contributed by atoms with E-state index in [0.717, 1.165) is 44.8 Å². The molecule has 0 radical (unpaired) electrons. The summed E-state index contributed by atoms with van der Waals surface area (Å²) >= 11 is 6.30. The quantitative estimate of drug-likeness (QED) is 0.504. The van der Waals surface area contributed by atoms with Crippen LogP contribution in [-0.4, -0.2) is 9.97 Å². The first kappa shape index (κ1) is 15.0. The molecule has 0 fully saturated rings. The summed E-state index contributed by atoms with van der Waals surface area (Å²) in [7, 11) is 0. The molecule has 1 N–H and O–H groups in total. The molecule has 0 aliphatic rings. The summed E-state index contributed by atoms with van der Waals surface area (Å²) < 4.78 is 6.30. The minimum atomic E-state index is -0.137. The highest BCUT2D eigenvalue weighted by atomic mass is 35.5. The summed E-state index contributed by atoms with van der Waals surface area (Å²) in [5, 5.41) is 2.74.